The quantitative estimate of drug-likeness (QED) is 0.267. The third-order valence-corrected chi connectivity index (χ3v) is 6.70. The Kier molecular flexibility index (Phi) is 13.6. The normalized spacial score (nSPS) is 16.8. The van der Waals surface area contributed by atoms with Gasteiger partial charge in [-0.1, -0.05) is 78.9 Å². The molecule has 0 heterocycles. The Balaban J connectivity index is 1.69. The monoisotopic (exact) mass is 647 g/mol. The molecule has 0 fully saturated rings. The summed E-state index contributed by atoms with van der Waals surface area (Å²) in [6, 6.07) is 13.5. The zero-order chi connectivity index (χ0) is 34.5. The van der Waals surface area contributed by atoms with Gasteiger partial charge in [-0.05, 0) is 58.6 Å². The summed E-state index contributed by atoms with van der Waals surface area (Å²) in [6.07, 6.45) is 11.0. The van der Waals surface area contributed by atoms with Gasteiger partial charge in [0, 0.05) is 38.0 Å². The van der Waals surface area contributed by atoms with Gasteiger partial charge in [-0.15, -0.1) is 0 Å². The van der Waals surface area contributed by atoms with Crippen molar-refractivity contribution in [3.8, 4) is 5.75 Å². The zero-order valence-corrected chi connectivity index (χ0v) is 28.4. The number of hydrogen-bond donors (Lipinski definition) is 2. The number of rotatable bonds is 13. The highest BCUT2D eigenvalue weighted by Gasteiger charge is 2.26. The molecule has 254 valence electrons. The molecule has 10 nitrogen and oxygen atoms in total. The van der Waals surface area contributed by atoms with E-state index in [1.807, 2.05) is 85.0 Å². The summed E-state index contributed by atoms with van der Waals surface area (Å²) >= 11 is 0. The Morgan fingerprint density at radius 1 is 0.830 bits per heavy atom. The van der Waals surface area contributed by atoms with E-state index in [1.165, 1.54) is 4.90 Å². The number of alkyl carbamates (subject to hydrolysis) is 1. The molecule has 2 aromatic rings. The minimum Gasteiger partial charge on any atom is -0.490 e. The van der Waals surface area contributed by atoms with Crippen LogP contribution in [0, 0.1) is 0 Å². The van der Waals surface area contributed by atoms with Crippen molar-refractivity contribution in [2.24, 2.45) is 0 Å². The van der Waals surface area contributed by atoms with Crippen LogP contribution >= 0.6 is 0 Å². The number of fused-ring (bicyclic) bond motifs is 1. The first-order valence-corrected chi connectivity index (χ1v) is 15.9. The van der Waals surface area contributed by atoms with Crippen molar-refractivity contribution in [1.82, 2.24) is 15.1 Å². The molecule has 0 bridgehead atoms. The molecule has 0 spiro atoms. The highest BCUT2D eigenvalue weighted by atomic mass is 16.6. The summed E-state index contributed by atoms with van der Waals surface area (Å²) in [5.74, 6) is 0.390. The fourth-order valence-corrected chi connectivity index (χ4v) is 4.62. The average molecular weight is 648 g/mol. The number of aliphatic hydroxyl groups is 1. The smallest absolute Gasteiger partial charge is 0.410 e. The molecule has 1 atom stereocenters. The molecule has 0 aliphatic heterocycles. The van der Waals surface area contributed by atoms with Crippen molar-refractivity contribution in [2.45, 2.75) is 65.3 Å². The van der Waals surface area contributed by atoms with Crippen molar-refractivity contribution in [3.63, 3.8) is 0 Å². The van der Waals surface area contributed by atoms with Crippen LogP contribution in [0.1, 0.15) is 48.0 Å². The predicted molar refractivity (Wildman–Crippen MR) is 184 cm³/mol. The van der Waals surface area contributed by atoms with Crippen molar-refractivity contribution in [3.05, 3.63) is 90.6 Å². The molecule has 3 rings (SSSR count). The van der Waals surface area contributed by atoms with Crippen LogP contribution in [0.4, 0.5) is 9.59 Å². The van der Waals surface area contributed by atoms with E-state index in [0.29, 0.717) is 5.75 Å². The van der Waals surface area contributed by atoms with Gasteiger partial charge < -0.3 is 34.4 Å². The van der Waals surface area contributed by atoms with Crippen LogP contribution in [0.3, 0.4) is 0 Å². The van der Waals surface area contributed by atoms with Crippen LogP contribution < -0.4 is 10.1 Å². The van der Waals surface area contributed by atoms with E-state index >= 15 is 0 Å². The van der Waals surface area contributed by atoms with Gasteiger partial charge in [0.15, 0.2) is 0 Å². The molecule has 0 radical (unpaired) electrons. The Labute approximate surface area is 278 Å². The van der Waals surface area contributed by atoms with Crippen LogP contribution in [-0.4, -0.2) is 89.6 Å². The van der Waals surface area contributed by atoms with Crippen LogP contribution in [0.2, 0.25) is 0 Å². The summed E-state index contributed by atoms with van der Waals surface area (Å²) in [5.41, 5.74) is -0.535. The molecule has 0 saturated carbocycles. The highest BCUT2D eigenvalue weighted by molar-refractivity contribution is 5.88. The lowest BCUT2D eigenvalue weighted by atomic mass is 10.1. The van der Waals surface area contributed by atoms with Gasteiger partial charge in [0.25, 0.3) is 0 Å². The fraction of sp³-hybridized carbons (Fsp3) is 0.432. The second-order valence-corrected chi connectivity index (χ2v) is 13.2. The van der Waals surface area contributed by atoms with Crippen molar-refractivity contribution in [1.29, 1.82) is 0 Å². The van der Waals surface area contributed by atoms with Crippen LogP contribution in [0.25, 0.3) is 10.8 Å². The van der Waals surface area contributed by atoms with Crippen LogP contribution in [0.15, 0.2) is 90.6 Å². The number of ether oxygens (including phenoxy) is 3. The van der Waals surface area contributed by atoms with E-state index in [9.17, 15) is 19.5 Å². The Morgan fingerprint density at radius 3 is 2.26 bits per heavy atom. The largest absolute Gasteiger partial charge is 0.490 e. The van der Waals surface area contributed by atoms with E-state index in [2.05, 4.69) is 5.32 Å². The number of benzene rings is 2. The molecule has 2 aromatic carbocycles. The lowest BCUT2D eigenvalue weighted by molar-refractivity contribution is -0.131. The van der Waals surface area contributed by atoms with Gasteiger partial charge in [0.05, 0.1) is 6.54 Å². The molecule has 0 saturated heterocycles. The number of nitrogens with zero attached hydrogens (tertiary/aromatic N) is 2. The molecule has 0 unspecified atom stereocenters. The zero-order valence-electron chi connectivity index (χ0n) is 28.4. The number of carbonyl (C=O) groups excluding carboxylic acids is 3. The topological polar surface area (TPSA) is 118 Å². The second kappa shape index (κ2) is 17.4. The van der Waals surface area contributed by atoms with Crippen molar-refractivity contribution in [2.75, 3.05) is 39.3 Å². The molecular formula is C37H49N3O7. The molecular weight excluding hydrogens is 598 g/mol. The predicted octanol–water partition coefficient (Wildman–Crippen LogP) is 6.17. The first-order chi connectivity index (χ1) is 22.2. The van der Waals surface area contributed by atoms with Gasteiger partial charge >= 0.3 is 12.2 Å². The maximum Gasteiger partial charge on any atom is 0.410 e. The lowest BCUT2D eigenvalue weighted by Gasteiger charge is -2.30. The number of carbonyl (C=O) groups is 3. The maximum atomic E-state index is 13.6. The molecule has 1 aliphatic rings. The highest BCUT2D eigenvalue weighted by Crippen LogP contribution is 2.25. The number of hydrogen-bond acceptors (Lipinski definition) is 7. The van der Waals surface area contributed by atoms with E-state index in [4.69, 9.17) is 14.2 Å². The van der Waals surface area contributed by atoms with Gasteiger partial charge in [-0.2, -0.15) is 0 Å². The van der Waals surface area contributed by atoms with Gasteiger partial charge in [-0.25, -0.2) is 9.59 Å². The third kappa shape index (κ3) is 13.8. The van der Waals surface area contributed by atoms with Crippen LogP contribution in [0.5, 0.6) is 5.75 Å². The van der Waals surface area contributed by atoms with Gasteiger partial charge in [0.2, 0.25) is 5.91 Å². The molecule has 0 aromatic heterocycles. The summed E-state index contributed by atoms with van der Waals surface area (Å²) in [5, 5.41) is 15.6. The standard InChI is InChI=1S/C37H49N3O7/c1-36(2,3)46-34(43)38-22-24-39(25-28-15-10-8-7-9-11-16-28)33(42)21-23-40(35(44)47-37(4,5)6)26-30(41)27-45-32-20-14-18-29-17-12-13-19-31(29)32/h7-20,30,41H,21-27H2,1-6H3,(H,38,43)/b8-7-,9-7?,10-8?,11-9-,15-10-,16-11?,28-15?,28-16+/t30-/m0/s1. The van der Waals surface area contributed by atoms with E-state index in [1.54, 1.807) is 46.4 Å². The molecule has 3 amide bonds. The molecule has 47 heavy (non-hydrogen) atoms. The summed E-state index contributed by atoms with van der Waals surface area (Å²) in [6.45, 7) is 11.1. The Hall–Kier alpha value is -4.57. The maximum absolute atomic E-state index is 13.6. The summed E-state index contributed by atoms with van der Waals surface area (Å²) < 4.78 is 16.9. The number of allylic oxidation sites excluding steroid dienone is 6. The summed E-state index contributed by atoms with van der Waals surface area (Å²) in [4.78, 5) is 42.0. The van der Waals surface area contributed by atoms with Crippen molar-refractivity contribution < 1.29 is 33.7 Å². The SMILES string of the molecule is CC(C)(C)OC(=O)NCCN(CC1=C/C=C\C=C/C=C\1)C(=O)CCN(C[C@H](O)COc1cccc2ccccc12)C(=O)OC(C)(C)C. The van der Waals surface area contributed by atoms with Crippen molar-refractivity contribution >= 4 is 28.9 Å². The third-order valence-electron chi connectivity index (χ3n) is 6.70. The first-order valence-electron chi connectivity index (χ1n) is 15.9. The number of aliphatic hydroxyl groups excluding tert-OH is 1. The Morgan fingerprint density at radius 2 is 1.51 bits per heavy atom. The minimum atomic E-state index is -1.05. The number of nitrogens with one attached hydrogen (secondary N) is 1. The molecule has 2 N–H and O–H groups in total. The molecule has 1 aliphatic carbocycles. The summed E-state index contributed by atoms with van der Waals surface area (Å²) in [7, 11) is 0. The number of amides is 3. The van der Waals surface area contributed by atoms with Gasteiger partial charge in [0.1, 0.15) is 29.7 Å². The second-order valence-electron chi connectivity index (χ2n) is 13.2. The van der Waals surface area contributed by atoms with Gasteiger partial charge in [-0.3, -0.25) is 4.79 Å². The molecule has 10 heteroatoms. The van der Waals surface area contributed by atoms with Crippen LogP contribution in [-0.2, 0) is 14.3 Å². The lowest BCUT2D eigenvalue weighted by Crippen LogP contribution is -2.45. The fourth-order valence-electron chi connectivity index (χ4n) is 4.62. The van der Waals surface area contributed by atoms with E-state index in [0.717, 1.165) is 16.3 Å². The minimum absolute atomic E-state index is 0.00654. The van der Waals surface area contributed by atoms with E-state index < -0.39 is 29.5 Å². The first kappa shape index (κ1) is 36.9. The average Bonchev–Trinajstić information content (AvgIpc) is 2.96. The Bertz CT molecular complexity index is 1480. The van der Waals surface area contributed by atoms with E-state index in [-0.39, 0.29) is 51.7 Å².